The summed E-state index contributed by atoms with van der Waals surface area (Å²) in [6, 6.07) is 3.28. The van der Waals surface area contributed by atoms with Gasteiger partial charge in [0.15, 0.2) is 0 Å². The Morgan fingerprint density at radius 1 is 1.38 bits per heavy atom. The molecule has 0 spiro atoms. The fraction of sp³-hybridized carbons (Fsp3) is 0.438. The first-order valence-corrected chi connectivity index (χ1v) is 7.14. The number of nitrogens with one attached hydrogen (secondary N) is 1. The van der Waals surface area contributed by atoms with Gasteiger partial charge in [-0.2, -0.15) is 0 Å². The Kier molecular flexibility index (Phi) is 4.73. The Morgan fingerprint density at radius 3 is 2.67 bits per heavy atom. The molecule has 112 valence electrons. The topological polar surface area (TPSA) is 79.3 Å². The number of aromatic nitrogens is 1. The summed E-state index contributed by atoms with van der Waals surface area (Å²) in [5.74, 6) is -1.20. The number of hydrogen-bond donors (Lipinski definition) is 2. The summed E-state index contributed by atoms with van der Waals surface area (Å²) in [5, 5.41) is 11.5. The van der Waals surface area contributed by atoms with Gasteiger partial charge in [-0.3, -0.25) is 9.78 Å². The van der Waals surface area contributed by atoms with E-state index in [1.165, 1.54) is 25.1 Å². The van der Waals surface area contributed by atoms with E-state index in [9.17, 15) is 9.59 Å². The number of amides is 1. The normalized spacial score (nSPS) is 17.0. The van der Waals surface area contributed by atoms with Crippen molar-refractivity contribution < 1.29 is 14.7 Å². The van der Waals surface area contributed by atoms with E-state index in [0.717, 1.165) is 18.9 Å². The molecule has 0 saturated heterocycles. The summed E-state index contributed by atoms with van der Waals surface area (Å²) < 4.78 is 0. The zero-order chi connectivity index (χ0) is 15.3. The lowest BCUT2D eigenvalue weighted by atomic mass is 9.89. The van der Waals surface area contributed by atoms with E-state index < -0.39 is 5.97 Å². The maximum atomic E-state index is 12.0. The lowest BCUT2D eigenvalue weighted by Gasteiger charge is -2.23. The minimum absolute atomic E-state index is 0.183. The minimum atomic E-state index is -1.01. The van der Waals surface area contributed by atoms with Crippen LogP contribution in [0.1, 0.15) is 48.7 Å². The number of carboxylic acid groups (broad SMARTS) is 1. The van der Waals surface area contributed by atoms with Crippen molar-refractivity contribution >= 4 is 18.0 Å². The van der Waals surface area contributed by atoms with Gasteiger partial charge in [-0.15, -0.1) is 0 Å². The Hall–Kier alpha value is -2.17. The molecular formula is C16H20N2O3. The molecule has 1 saturated carbocycles. The maximum absolute atomic E-state index is 12.0. The summed E-state index contributed by atoms with van der Waals surface area (Å²) >= 11 is 0. The highest BCUT2D eigenvalue weighted by Crippen LogP contribution is 2.36. The van der Waals surface area contributed by atoms with Crippen molar-refractivity contribution in [3.63, 3.8) is 0 Å². The first kappa shape index (κ1) is 15.2. The molecule has 0 atom stereocenters. The molecule has 5 nitrogen and oxygen atoms in total. The van der Waals surface area contributed by atoms with Crippen molar-refractivity contribution in [2.45, 2.75) is 32.6 Å². The third-order valence-electron chi connectivity index (χ3n) is 3.92. The lowest BCUT2D eigenvalue weighted by Crippen LogP contribution is -2.34. The van der Waals surface area contributed by atoms with Crippen LogP contribution in [-0.2, 0) is 4.79 Å². The molecule has 2 rings (SSSR count). The molecule has 0 radical (unpaired) electrons. The van der Waals surface area contributed by atoms with Gasteiger partial charge in [0.05, 0.1) is 0 Å². The molecular weight excluding hydrogens is 268 g/mol. The summed E-state index contributed by atoms with van der Waals surface area (Å²) in [7, 11) is 0. The Bertz CT molecular complexity index is 543. The van der Waals surface area contributed by atoms with Crippen LogP contribution in [0.3, 0.4) is 0 Å². The molecule has 0 aromatic carbocycles. The molecule has 2 N–H and O–H groups in total. The van der Waals surface area contributed by atoms with Gasteiger partial charge in [0.25, 0.3) is 5.91 Å². The third kappa shape index (κ3) is 4.41. The van der Waals surface area contributed by atoms with Crippen molar-refractivity contribution in [3.8, 4) is 0 Å². The maximum Gasteiger partial charge on any atom is 0.328 e. The van der Waals surface area contributed by atoms with E-state index in [2.05, 4.69) is 17.2 Å². The standard InChI is InChI=1S/C16H20N2O3/c1-16(8-2-3-9-16)11-18-15(21)13-6-4-12(10-17-13)5-7-14(19)20/h4-7,10H,2-3,8-9,11H2,1H3,(H,18,21)(H,19,20). The van der Waals surface area contributed by atoms with Gasteiger partial charge in [0.1, 0.15) is 5.69 Å². The van der Waals surface area contributed by atoms with Crippen LogP contribution >= 0.6 is 0 Å². The zero-order valence-electron chi connectivity index (χ0n) is 12.1. The van der Waals surface area contributed by atoms with Gasteiger partial charge in [-0.1, -0.05) is 25.8 Å². The summed E-state index contributed by atoms with van der Waals surface area (Å²) in [6.07, 6.45) is 8.74. The monoisotopic (exact) mass is 288 g/mol. The van der Waals surface area contributed by atoms with Crippen molar-refractivity contribution in [3.05, 3.63) is 35.7 Å². The number of carbonyl (C=O) groups is 2. The Balaban J connectivity index is 1.92. The zero-order valence-corrected chi connectivity index (χ0v) is 12.1. The number of rotatable bonds is 5. The van der Waals surface area contributed by atoms with E-state index >= 15 is 0 Å². The molecule has 1 amide bonds. The second-order valence-electron chi connectivity index (χ2n) is 5.85. The molecule has 5 heteroatoms. The van der Waals surface area contributed by atoms with Crippen LogP contribution < -0.4 is 5.32 Å². The molecule has 1 aliphatic carbocycles. The van der Waals surface area contributed by atoms with Crippen LogP contribution in [0.5, 0.6) is 0 Å². The van der Waals surface area contributed by atoms with Gasteiger partial charge in [-0.25, -0.2) is 4.79 Å². The highest BCUT2D eigenvalue weighted by atomic mass is 16.4. The smallest absolute Gasteiger partial charge is 0.328 e. The van der Waals surface area contributed by atoms with Crippen LogP contribution in [0.25, 0.3) is 6.08 Å². The van der Waals surface area contributed by atoms with Crippen LogP contribution in [0.2, 0.25) is 0 Å². The van der Waals surface area contributed by atoms with Crippen molar-refractivity contribution in [2.24, 2.45) is 5.41 Å². The molecule has 0 unspecified atom stereocenters. The van der Waals surface area contributed by atoms with E-state index in [-0.39, 0.29) is 11.3 Å². The van der Waals surface area contributed by atoms with Gasteiger partial charge < -0.3 is 10.4 Å². The summed E-state index contributed by atoms with van der Waals surface area (Å²) in [6.45, 7) is 2.88. The number of nitrogens with zero attached hydrogens (tertiary/aromatic N) is 1. The lowest BCUT2D eigenvalue weighted by molar-refractivity contribution is -0.131. The molecule has 0 bridgehead atoms. The van der Waals surface area contributed by atoms with Gasteiger partial charge >= 0.3 is 5.97 Å². The highest BCUT2D eigenvalue weighted by Gasteiger charge is 2.29. The van der Waals surface area contributed by atoms with Crippen molar-refractivity contribution in [2.75, 3.05) is 6.54 Å². The average molecular weight is 288 g/mol. The van der Waals surface area contributed by atoms with E-state index in [1.807, 2.05) is 0 Å². The quantitative estimate of drug-likeness (QED) is 0.816. The molecule has 1 aromatic heterocycles. The SMILES string of the molecule is CC1(CNC(=O)c2ccc(C=CC(=O)O)cn2)CCCC1. The van der Waals surface area contributed by atoms with Gasteiger partial charge in [0, 0.05) is 18.8 Å². The average Bonchev–Trinajstić information content (AvgIpc) is 2.90. The van der Waals surface area contributed by atoms with E-state index in [0.29, 0.717) is 17.8 Å². The van der Waals surface area contributed by atoms with Gasteiger partial charge in [-0.05, 0) is 36.0 Å². The fourth-order valence-electron chi connectivity index (χ4n) is 2.60. The third-order valence-corrected chi connectivity index (χ3v) is 3.92. The summed E-state index contributed by atoms with van der Waals surface area (Å²) in [4.78, 5) is 26.5. The van der Waals surface area contributed by atoms with Crippen LogP contribution in [0.4, 0.5) is 0 Å². The molecule has 1 aliphatic rings. The van der Waals surface area contributed by atoms with Crippen LogP contribution in [-0.4, -0.2) is 28.5 Å². The van der Waals surface area contributed by atoms with Crippen molar-refractivity contribution in [1.82, 2.24) is 10.3 Å². The van der Waals surface area contributed by atoms with E-state index in [4.69, 9.17) is 5.11 Å². The molecule has 1 aromatic rings. The molecule has 21 heavy (non-hydrogen) atoms. The second kappa shape index (κ2) is 6.52. The fourth-order valence-corrected chi connectivity index (χ4v) is 2.60. The Labute approximate surface area is 124 Å². The molecule has 0 aliphatic heterocycles. The predicted molar refractivity (Wildman–Crippen MR) is 79.8 cm³/mol. The highest BCUT2D eigenvalue weighted by molar-refractivity contribution is 5.92. The van der Waals surface area contributed by atoms with E-state index in [1.54, 1.807) is 12.1 Å². The van der Waals surface area contributed by atoms with Crippen LogP contribution in [0, 0.1) is 5.41 Å². The van der Waals surface area contributed by atoms with Crippen molar-refractivity contribution in [1.29, 1.82) is 0 Å². The largest absolute Gasteiger partial charge is 0.478 e. The first-order chi connectivity index (χ1) is 9.98. The predicted octanol–water partition coefficient (Wildman–Crippen LogP) is 2.49. The van der Waals surface area contributed by atoms with Gasteiger partial charge in [0.2, 0.25) is 0 Å². The first-order valence-electron chi connectivity index (χ1n) is 7.14. The number of aliphatic carboxylic acids is 1. The van der Waals surface area contributed by atoms with Crippen LogP contribution in [0.15, 0.2) is 24.4 Å². The number of carbonyl (C=O) groups excluding carboxylic acids is 1. The minimum Gasteiger partial charge on any atom is -0.478 e. The summed E-state index contributed by atoms with van der Waals surface area (Å²) in [5.41, 5.74) is 1.21. The number of hydrogen-bond acceptors (Lipinski definition) is 3. The molecule has 1 heterocycles. The number of carboxylic acids is 1. The number of pyridine rings is 1. The molecule has 1 fully saturated rings. The Morgan fingerprint density at radius 2 is 2.10 bits per heavy atom. The second-order valence-corrected chi connectivity index (χ2v) is 5.85.